The van der Waals surface area contributed by atoms with Crippen LogP contribution in [-0.4, -0.2) is 17.9 Å². The van der Waals surface area contributed by atoms with Gasteiger partial charge in [0.1, 0.15) is 6.61 Å². The Bertz CT molecular complexity index is 321. The summed E-state index contributed by atoms with van der Waals surface area (Å²) in [6, 6.07) is 9.97. The molecule has 0 saturated carbocycles. The van der Waals surface area contributed by atoms with E-state index in [-0.39, 0.29) is 12.5 Å². The SMILES string of the molecule is CCCCCC(COC(=O)O)c1ccccc1. The Morgan fingerprint density at radius 2 is 2.00 bits per heavy atom. The van der Waals surface area contributed by atoms with Gasteiger partial charge in [0.15, 0.2) is 0 Å². The fraction of sp³-hybridized carbons (Fsp3) is 0.500. The van der Waals surface area contributed by atoms with Crippen LogP contribution < -0.4 is 0 Å². The third-order valence-corrected chi connectivity index (χ3v) is 2.84. The smallest absolute Gasteiger partial charge is 0.450 e. The highest BCUT2D eigenvalue weighted by molar-refractivity contribution is 5.56. The van der Waals surface area contributed by atoms with Crippen LogP contribution in [0.1, 0.15) is 44.1 Å². The summed E-state index contributed by atoms with van der Waals surface area (Å²) >= 11 is 0. The summed E-state index contributed by atoms with van der Waals surface area (Å²) in [5.41, 5.74) is 1.16. The molecule has 1 rings (SSSR count). The van der Waals surface area contributed by atoms with E-state index in [2.05, 4.69) is 6.92 Å². The zero-order valence-electron chi connectivity index (χ0n) is 10.3. The lowest BCUT2D eigenvalue weighted by Gasteiger charge is -2.16. The molecule has 94 valence electrons. The van der Waals surface area contributed by atoms with E-state index < -0.39 is 6.16 Å². The molecule has 0 amide bonds. The number of hydrogen-bond donors (Lipinski definition) is 1. The fourth-order valence-corrected chi connectivity index (χ4v) is 1.88. The van der Waals surface area contributed by atoms with Gasteiger partial charge in [-0.2, -0.15) is 0 Å². The first-order valence-corrected chi connectivity index (χ1v) is 6.14. The molecule has 0 radical (unpaired) electrons. The number of ether oxygens (including phenoxy) is 1. The molecule has 0 spiro atoms. The first-order chi connectivity index (χ1) is 8.24. The third-order valence-electron chi connectivity index (χ3n) is 2.84. The molecule has 0 bridgehead atoms. The monoisotopic (exact) mass is 236 g/mol. The minimum Gasteiger partial charge on any atom is -0.450 e. The molecule has 0 heterocycles. The van der Waals surface area contributed by atoms with Crippen molar-refractivity contribution >= 4 is 6.16 Å². The summed E-state index contributed by atoms with van der Waals surface area (Å²) < 4.78 is 4.71. The van der Waals surface area contributed by atoms with E-state index in [1.807, 2.05) is 30.3 Å². The molecule has 0 fully saturated rings. The van der Waals surface area contributed by atoms with Gasteiger partial charge in [-0.1, -0.05) is 56.5 Å². The molecule has 0 aromatic heterocycles. The van der Waals surface area contributed by atoms with Gasteiger partial charge >= 0.3 is 6.16 Å². The molecule has 3 nitrogen and oxygen atoms in total. The molecule has 17 heavy (non-hydrogen) atoms. The second kappa shape index (κ2) is 7.71. The summed E-state index contributed by atoms with van der Waals surface area (Å²) in [5.74, 6) is 0.179. The predicted molar refractivity (Wildman–Crippen MR) is 67.3 cm³/mol. The number of carbonyl (C=O) groups is 1. The third kappa shape index (κ3) is 5.38. The Morgan fingerprint density at radius 1 is 1.29 bits per heavy atom. The first kappa shape index (κ1) is 13.6. The minimum absolute atomic E-state index is 0.179. The van der Waals surface area contributed by atoms with Crippen molar-refractivity contribution < 1.29 is 14.6 Å². The number of benzene rings is 1. The number of carboxylic acid groups (broad SMARTS) is 1. The van der Waals surface area contributed by atoms with E-state index >= 15 is 0 Å². The van der Waals surface area contributed by atoms with Gasteiger partial charge in [-0.15, -0.1) is 0 Å². The van der Waals surface area contributed by atoms with Crippen LogP contribution >= 0.6 is 0 Å². The topological polar surface area (TPSA) is 46.5 Å². The van der Waals surface area contributed by atoms with Crippen LogP contribution in [0.25, 0.3) is 0 Å². The van der Waals surface area contributed by atoms with Crippen molar-refractivity contribution in [3.63, 3.8) is 0 Å². The lowest BCUT2D eigenvalue weighted by Crippen LogP contribution is -2.11. The van der Waals surface area contributed by atoms with Gasteiger partial charge in [-0.3, -0.25) is 0 Å². The highest BCUT2D eigenvalue weighted by Crippen LogP contribution is 2.22. The van der Waals surface area contributed by atoms with Crippen molar-refractivity contribution in [2.75, 3.05) is 6.61 Å². The summed E-state index contributed by atoms with van der Waals surface area (Å²) in [5, 5.41) is 8.56. The van der Waals surface area contributed by atoms with Gasteiger partial charge in [-0.25, -0.2) is 4.79 Å². The summed E-state index contributed by atoms with van der Waals surface area (Å²) in [7, 11) is 0. The van der Waals surface area contributed by atoms with Gasteiger partial charge in [0, 0.05) is 5.92 Å². The first-order valence-electron chi connectivity index (χ1n) is 6.14. The molecule has 0 saturated heterocycles. The highest BCUT2D eigenvalue weighted by Gasteiger charge is 2.13. The lowest BCUT2D eigenvalue weighted by molar-refractivity contribution is 0.0846. The molecule has 0 aliphatic carbocycles. The highest BCUT2D eigenvalue weighted by atomic mass is 16.7. The van der Waals surface area contributed by atoms with Crippen LogP contribution in [0.5, 0.6) is 0 Å². The van der Waals surface area contributed by atoms with Crippen molar-refractivity contribution in [2.24, 2.45) is 0 Å². The molecule has 1 atom stereocenters. The Hall–Kier alpha value is -1.51. The number of hydrogen-bond acceptors (Lipinski definition) is 2. The average Bonchev–Trinajstić information content (AvgIpc) is 2.34. The van der Waals surface area contributed by atoms with Crippen molar-refractivity contribution in [2.45, 2.75) is 38.5 Å². The average molecular weight is 236 g/mol. The van der Waals surface area contributed by atoms with Gasteiger partial charge in [0.2, 0.25) is 0 Å². The van der Waals surface area contributed by atoms with Crippen LogP contribution in [0.15, 0.2) is 30.3 Å². The normalized spacial score (nSPS) is 12.1. The summed E-state index contributed by atoms with van der Waals surface area (Å²) in [4.78, 5) is 10.4. The van der Waals surface area contributed by atoms with Crippen molar-refractivity contribution in [3.05, 3.63) is 35.9 Å². The molecule has 1 aromatic rings. The van der Waals surface area contributed by atoms with Gasteiger partial charge in [-0.05, 0) is 12.0 Å². The van der Waals surface area contributed by atoms with Crippen LogP contribution in [0, 0.1) is 0 Å². The van der Waals surface area contributed by atoms with E-state index in [1.165, 1.54) is 12.8 Å². The molecular formula is C14H20O3. The lowest BCUT2D eigenvalue weighted by atomic mass is 9.94. The second-order valence-electron chi connectivity index (χ2n) is 4.18. The van der Waals surface area contributed by atoms with Gasteiger partial charge in [0.25, 0.3) is 0 Å². The van der Waals surface area contributed by atoms with E-state index in [9.17, 15) is 4.79 Å². The van der Waals surface area contributed by atoms with E-state index in [0.29, 0.717) is 0 Å². The fourth-order valence-electron chi connectivity index (χ4n) is 1.88. The van der Waals surface area contributed by atoms with Crippen LogP contribution in [0.3, 0.4) is 0 Å². The Balaban J connectivity index is 2.55. The molecule has 0 aliphatic rings. The molecular weight excluding hydrogens is 216 g/mol. The minimum atomic E-state index is -1.19. The quantitative estimate of drug-likeness (QED) is 0.574. The number of rotatable bonds is 7. The summed E-state index contributed by atoms with van der Waals surface area (Å²) in [6.07, 6.45) is 3.24. The summed E-state index contributed by atoms with van der Waals surface area (Å²) in [6.45, 7) is 2.41. The van der Waals surface area contributed by atoms with Gasteiger partial charge < -0.3 is 9.84 Å². The van der Waals surface area contributed by atoms with E-state index in [1.54, 1.807) is 0 Å². The van der Waals surface area contributed by atoms with E-state index in [0.717, 1.165) is 18.4 Å². The van der Waals surface area contributed by atoms with Crippen molar-refractivity contribution in [1.82, 2.24) is 0 Å². The molecule has 3 heteroatoms. The van der Waals surface area contributed by atoms with Gasteiger partial charge in [0.05, 0.1) is 0 Å². The Kier molecular flexibility index (Phi) is 6.15. The largest absolute Gasteiger partial charge is 0.505 e. The predicted octanol–water partition coefficient (Wildman–Crippen LogP) is 4.05. The molecule has 0 aliphatic heterocycles. The Labute approximate surface area is 102 Å². The van der Waals surface area contributed by atoms with Crippen LogP contribution in [-0.2, 0) is 4.74 Å². The number of unbranched alkanes of at least 4 members (excludes halogenated alkanes) is 2. The second-order valence-corrected chi connectivity index (χ2v) is 4.18. The molecule has 1 N–H and O–H groups in total. The maximum atomic E-state index is 10.4. The van der Waals surface area contributed by atoms with Crippen LogP contribution in [0.4, 0.5) is 4.79 Å². The molecule has 1 aromatic carbocycles. The maximum absolute atomic E-state index is 10.4. The van der Waals surface area contributed by atoms with Crippen molar-refractivity contribution in [3.8, 4) is 0 Å². The zero-order valence-corrected chi connectivity index (χ0v) is 10.3. The van der Waals surface area contributed by atoms with Crippen LogP contribution in [0.2, 0.25) is 0 Å². The Morgan fingerprint density at radius 3 is 2.59 bits per heavy atom. The maximum Gasteiger partial charge on any atom is 0.505 e. The zero-order chi connectivity index (χ0) is 12.5. The van der Waals surface area contributed by atoms with E-state index in [4.69, 9.17) is 9.84 Å². The van der Waals surface area contributed by atoms with Crippen molar-refractivity contribution in [1.29, 1.82) is 0 Å². The molecule has 1 unspecified atom stereocenters. The standard InChI is InChI=1S/C14H20O3/c1-2-3-5-10-13(11-17-14(15)16)12-8-6-4-7-9-12/h4,6-9,13H,2-3,5,10-11H2,1H3,(H,15,16).